The first-order valence-electron chi connectivity index (χ1n) is 5.57. The van der Waals surface area contributed by atoms with Gasteiger partial charge >= 0.3 is 0 Å². The van der Waals surface area contributed by atoms with Gasteiger partial charge in [0.2, 0.25) is 0 Å². The summed E-state index contributed by atoms with van der Waals surface area (Å²) in [7, 11) is 1.71. The molecule has 0 bridgehead atoms. The molecule has 0 atom stereocenters. The summed E-state index contributed by atoms with van der Waals surface area (Å²) in [5, 5.41) is 0. The van der Waals surface area contributed by atoms with Crippen molar-refractivity contribution in [1.29, 1.82) is 0 Å². The lowest BCUT2D eigenvalue weighted by Gasteiger charge is -2.42. The highest BCUT2D eigenvalue weighted by atomic mass is 16.5. The highest BCUT2D eigenvalue weighted by molar-refractivity contribution is 5.41. The van der Waals surface area contributed by atoms with Crippen LogP contribution in [0.2, 0.25) is 0 Å². The minimum absolute atomic E-state index is 0.235. The lowest BCUT2D eigenvalue weighted by atomic mass is 9.63. The number of benzene rings is 1. The van der Waals surface area contributed by atoms with Gasteiger partial charge in [-0.15, -0.1) is 0 Å². The van der Waals surface area contributed by atoms with Crippen molar-refractivity contribution in [3.05, 3.63) is 29.3 Å². The standard InChI is InChI=1S/C13H19NO/c1-10-4-5-11(15-2)8-12(10)13(9-14)6-3-7-13/h4-5,8H,3,6-7,9,14H2,1-2H3. The average molecular weight is 205 g/mol. The van der Waals surface area contributed by atoms with E-state index in [-0.39, 0.29) is 5.41 Å². The quantitative estimate of drug-likeness (QED) is 0.822. The van der Waals surface area contributed by atoms with Crippen molar-refractivity contribution in [2.45, 2.75) is 31.6 Å². The summed E-state index contributed by atoms with van der Waals surface area (Å²) in [6.07, 6.45) is 3.74. The van der Waals surface area contributed by atoms with Gasteiger partial charge in [0.25, 0.3) is 0 Å². The fourth-order valence-electron chi connectivity index (χ4n) is 2.49. The van der Waals surface area contributed by atoms with Crippen molar-refractivity contribution < 1.29 is 4.74 Å². The fourth-order valence-corrected chi connectivity index (χ4v) is 2.49. The third-order valence-corrected chi connectivity index (χ3v) is 3.72. The Hall–Kier alpha value is -1.02. The summed E-state index contributed by atoms with van der Waals surface area (Å²) in [5.74, 6) is 0.940. The van der Waals surface area contributed by atoms with E-state index in [0.29, 0.717) is 0 Å². The monoisotopic (exact) mass is 205 g/mol. The molecule has 0 aliphatic heterocycles. The molecule has 0 heterocycles. The Bertz CT molecular complexity index is 350. The van der Waals surface area contributed by atoms with Crippen molar-refractivity contribution in [3.8, 4) is 5.75 Å². The Kier molecular flexibility index (Phi) is 2.70. The van der Waals surface area contributed by atoms with Crippen LogP contribution < -0.4 is 10.5 Å². The maximum absolute atomic E-state index is 5.92. The van der Waals surface area contributed by atoms with E-state index in [1.54, 1.807) is 7.11 Å². The van der Waals surface area contributed by atoms with Gasteiger partial charge in [0.1, 0.15) is 5.75 Å². The second-order valence-corrected chi connectivity index (χ2v) is 4.52. The third kappa shape index (κ3) is 1.63. The van der Waals surface area contributed by atoms with Crippen LogP contribution in [-0.2, 0) is 5.41 Å². The average Bonchev–Trinajstić information content (AvgIpc) is 2.20. The second-order valence-electron chi connectivity index (χ2n) is 4.52. The van der Waals surface area contributed by atoms with Crippen LogP contribution in [0.1, 0.15) is 30.4 Å². The highest BCUT2D eigenvalue weighted by Crippen LogP contribution is 2.44. The van der Waals surface area contributed by atoms with Gasteiger partial charge in [-0.1, -0.05) is 12.5 Å². The lowest BCUT2D eigenvalue weighted by molar-refractivity contribution is 0.251. The molecular formula is C13H19NO. The number of aryl methyl sites for hydroxylation is 1. The van der Waals surface area contributed by atoms with Crippen molar-refractivity contribution >= 4 is 0 Å². The molecule has 0 spiro atoms. The first kappa shape index (κ1) is 10.5. The van der Waals surface area contributed by atoms with Gasteiger partial charge in [-0.25, -0.2) is 0 Å². The molecule has 1 aliphatic carbocycles. The third-order valence-electron chi connectivity index (χ3n) is 3.72. The normalized spacial score (nSPS) is 18.3. The molecule has 0 amide bonds. The highest BCUT2D eigenvalue weighted by Gasteiger charge is 2.38. The first-order chi connectivity index (χ1) is 7.22. The van der Waals surface area contributed by atoms with E-state index in [1.807, 2.05) is 6.07 Å². The predicted molar refractivity (Wildman–Crippen MR) is 62.3 cm³/mol. The van der Waals surface area contributed by atoms with Crippen molar-refractivity contribution in [3.63, 3.8) is 0 Å². The molecule has 82 valence electrons. The Balaban J connectivity index is 2.41. The first-order valence-corrected chi connectivity index (χ1v) is 5.57. The number of nitrogens with two attached hydrogens (primary N) is 1. The summed E-state index contributed by atoms with van der Waals surface area (Å²) in [4.78, 5) is 0. The summed E-state index contributed by atoms with van der Waals surface area (Å²) in [5.41, 5.74) is 8.87. The SMILES string of the molecule is COc1ccc(C)c(C2(CN)CCC2)c1. The molecule has 2 nitrogen and oxygen atoms in total. The molecule has 1 fully saturated rings. The number of hydrogen-bond donors (Lipinski definition) is 1. The van der Waals surface area contributed by atoms with Crippen LogP contribution in [0.5, 0.6) is 5.75 Å². The molecular weight excluding hydrogens is 186 g/mol. The zero-order chi connectivity index (χ0) is 10.9. The number of hydrogen-bond acceptors (Lipinski definition) is 2. The van der Waals surface area contributed by atoms with Crippen molar-refractivity contribution in [1.82, 2.24) is 0 Å². The van der Waals surface area contributed by atoms with E-state index in [9.17, 15) is 0 Å². The molecule has 1 aromatic rings. The van der Waals surface area contributed by atoms with E-state index in [4.69, 9.17) is 10.5 Å². The maximum Gasteiger partial charge on any atom is 0.119 e. The smallest absolute Gasteiger partial charge is 0.119 e. The van der Waals surface area contributed by atoms with Crippen molar-refractivity contribution in [2.24, 2.45) is 5.73 Å². The van der Waals surface area contributed by atoms with Gasteiger partial charge < -0.3 is 10.5 Å². The zero-order valence-electron chi connectivity index (χ0n) is 9.55. The minimum Gasteiger partial charge on any atom is -0.497 e. The van der Waals surface area contributed by atoms with E-state index >= 15 is 0 Å². The van der Waals surface area contributed by atoms with Crippen LogP contribution in [0.3, 0.4) is 0 Å². The van der Waals surface area contributed by atoms with E-state index in [1.165, 1.54) is 30.4 Å². The summed E-state index contributed by atoms with van der Waals surface area (Å²) in [6.45, 7) is 2.91. The molecule has 1 aliphatic rings. The van der Waals surface area contributed by atoms with E-state index in [2.05, 4.69) is 19.1 Å². The Morgan fingerprint density at radius 1 is 1.40 bits per heavy atom. The zero-order valence-corrected chi connectivity index (χ0v) is 9.55. The molecule has 1 aromatic carbocycles. The number of methoxy groups -OCH3 is 1. The minimum atomic E-state index is 0.235. The van der Waals surface area contributed by atoms with Gasteiger partial charge in [0, 0.05) is 12.0 Å². The van der Waals surface area contributed by atoms with Gasteiger partial charge in [-0.2, -0.15) is 0 Å². The Labute approximate surface area is 91.4 Å². The molecule has 0 aromatic heterocycles. The predicted octanol–water partition coefficient (Wildman–Crippen LogP) is 2.38. The Morgan fingerprint density at radius 3 is 2.60 bits per heavy atom. The van der Waals surface area contributed by atoms with Gasteiger partial charge in [-0.3, -0.25) is 0 Å². The fraction of sp³-hybridized carbons (Fsp3) is 0.538. The summed E-state index contributed by atoms with van der Waals surface area (Å²) in [6, 6.07) is 6.30. The molecule has 2 heteroatoms. The van der Waals surface area contributed by atoms with Crippen LogP contribution in [0.25, 0.3) is 0 Å². The maximum atomic E-state index is 5.92. The molecule has 0 saturated heterocycles. The molecule has 2 rings (SSSR count). The van der Waals surface area contributed by atoms with Gasteiger partial charge in [-0.05, 0) is 43.0 Å². The molecule has 2 N–H and O–H groups in total. The van der Waals surface area contributed by atoms with Crippen LogP contribution in [0.4, 0.5) is 0 Å². The number of ether oxygens (including phenoxy) is 1. The van der Waals surface area contributed by atoms with Crippen LogP contribution in [-0.4, -0.2) is 13.7 Å². The molecule has 0 radical (unpaired) electrons. The lowest BCUT2D eigenvalue weighted by Crippen LogP contribution is -2.42. The van der Waals surface area contributed by atoms with Crippen LogP contribution in [0, 0.1) is 6.92 Å². The molecule has 15 heavy (non-hydrogen) atoms. The summed E-state index contributed by atoms with van der Waals surface area (Å²) >= 11 is 0. The molecule has 1 saturated carbocycles. The molecule has 0 unspecified atom stereocenters. The van der Waals surface area contributed by atoms with E-state index in [0.717, 1.165) is 12.3 Å². The van der Waals surface area contributed by atoms with Gasteiger partial charge in [0.05, 0.1) is 7.11 Å². The van der Waals surface area contributed by atoms with E-state index < -0.39 is 0 Å². The second kappa shape index (κ2) is 3.86. The van der Waals surface area contributed by atoms with Gasteiger partial charge in [0.15, 0.2) is 0 Å². The Morgan fingerprint density at radius 2 is 2.13 bits per heavy atom. The number of rotatable bonds is 3. The topological polar surface area (TPSA) is 35.2 Å². The largest absolute Gasteiger partial charge is 0.497 e. The van der Waals surface area contributed by atoms with Crippen molar-refractivity contribution in [2.75, 3.05) is 13.7 Å². The van der Waals surface area contributed by atoms with Crippen LogP contribution in [0.15, 0.2) is 18.2 Å². The van der Waals surface area contributed by atoms with Crippen LogP contribution >= 0.6 is 0 Å². The summed E-state index contributed by atoms with van der Waals surface area (Å²) < 4.78 is 5.28.